The van der Waals surface area contributed by atoms with Crippen molar-refractivity contribution < 1.29 is 0 Å². The van der Waals surface area contributed by atoms with Gasteiger partial charge in [-0.15, -0.1) is 0 Å². The van der Waals surface area contributed by atoms with Gasteiger partial charge in [-0.1, -0.05) is 13.0 Å². The highest BCUT2D eigenvalue weighted by Gasteiger charge is 2.12. The third kappa shape index (κ3) is 2.13. The quantitative estimate of drug-likeness (QED) is 0.771. The summed E-state index contributed by atoms with van der Waals surface area (Å²) in [7, 11) is 0. The van der Waals surface area contributed by atoms with Gasteiger partial charge in [0.05, 0.1) is 0 Å². The first-order valence-electron chi connectivity index (χ1n) is 5.23. The molecule has 2 heteroatoms. The molecular formula is C12H16N2. The summed E-state index contributed by atoms with van der Waals surface area (Å²) in [6, 6.07) is 4.00. The molecule has 74 valence electrons. The summed E-state index contributed by atoms with van der Waals surface area (Å²) in [5, 5.41) is 3.45. The molecule has 1 N–H and O–H groups in total. The maximum Gasteiger partial charge on any atom is 0.0412 e. The molecule has 0 aliphatic heterocycles. The molecule has 1 atom stereocenters. The van der Waals surface area contributed by atoms with E-state index in [1.54, 1.807) is 0 Å². The van der Waals surface area contributed by atoms with E-state index in [2.05, 4.69) is 23.3 Å². The number of aromatic nitrogens is 1. The van der Waals surface area contributed by atoms with E-state index >= 15 is 0 Å². The minimum Gasteiger partial charge on any atom is -0.359 e. The van der Waals surface area contributed by atoms with Crippen LogP contribution in [0.25, 0.3) is 0 Å². The second kappa shape index (κ2) is 4.27. The number of anilines is 1. The molecule has 14 heavy (non-hydrogen) atoms. The van der Waals surface area contributed by atoms with E-state index in [4.69, 9.17) is 0 Å². The Kier molecular flexibility index (Phi) is 2.82. The number of allylic oxidation sites excluding steroid dienone is 2. The molecule has 0 radical (unpaired) electrons. The van der Waals surface area contributed by atoms with E-state index in [1.165, 1.54) is 25.0 Å². The standard InChI is InChI=1S/C12H16N2/c1-10-4-2-3-5-12(10)14-11-6-8-13-9-7-11/h5-10H,2-4H2,1H3,(H,13,14). The fourth-order valence-electron chi connectivity index (χ4n) is 1.81. The molecule has 1 aliphatic carbocycles. The second-order valence-corrected chi connectivity index (χ2v) is 3.85. The molecule has 0 aromatic carbocycles. The first-order chi connectivity index (χ1) is 6.86. The molecule has 0 fully saturated rings. The van der Waals surface area contributed by atoms with Crippen LogP contribution < -0.4 is 5.32 Å². The van der Waals surface area contributed by atoms with E-state index in [9.17, 15) is 0 Å². The van der Waals surface area contributed by atoms with Gasteiger partial charge in [0.15, 0.2) is 0 Å². The second-order valence-electron chi connectivity index (χ2n) is 3.85. The van der Waals surface area contributed by atoms with Crippen molar-refractivity contribution in [1.82, 2.24) is 4.98 Å². The molecule has 1 aliphatic rings. The molecule has 1 unspecified atom stereocenters. The first-order valence-corrected chi connectivity index (χ1v) is 5.23. The van der Waals surface area contributed by atoms with Crippen LogP contribution in [0.3, 0.4) is 0 Å². The van der Waals surface area contributed by atoms with Gasteiger partial charge in [0.1, 0.15) is 0 Å². The van der Waals surface area contributed by atoms with Gasteiger partial charge in [-0.3, -0.25) is 4.98 Å². The number of hydrogen-bond donors (Lipinski definition) is 1. The van der Waals surface area contributed by atoms with Gasteiger partial charge in [-0.25, -0.2) is 0 Å². The van der Waals surface area contributed by atoms with E-state index in [1.807, 2.05) is 24.5 Å². The van der Waals surface area contributed by atoms with Crippen LogP contribution in [0.5, 0.6) is 0 Å². The summed E-state index contributed by atoms with van der Waals surface area (Å²) in [5.74, 6) is 0.664. The number of hydrogen-bond acceptors (Lipinski definition) is 2. The van der Waals surface area contributed by atoms with E-state index in [0.29, 0.717) is 5.92 Å². The zero-order chi connectivity index (χ0) is 9.80. The lowest BCUT2D eigenvalue weighted by Gasteiger charge is -2.21. The molecule has 1 aromatic rings. The Labute approximate surface area is 85.1 Å². The molecule has 1 aromatic heterocycles. The number of pyridine rings is 1. The van der Waals surface area contributed by atoms with Crippen molar-refractivity contribution in [3.05, 3.63) is 36.3 Å². The lowest BCUT2D eigenvalue weighted by molar-refractivity contribution is 0.555. The Balaban J connectivity index is 2.07. The zero-order valence-electron chi connectivity index (χ0n) is 8.53. The largest absolute Gasteiger partial charge is 0.359 e. The molecule has 0 spiro atoms. The van der Waals surface area contributed by atoms with Gasteiger partial charge in [0.2, 0.25) is 0 Å². The summed E-state index contributed by atoms with van der Waals surface area (Å²) in [6.45, 7) is 2.28. The van der Waals surface area contributed by atoms with Crippen LogP contribution >= 0.6 is 0 Å². The van der Waals surface area contributed by atoms with Crippen molar-refractivity contribution in [3.8, 4) is 0 Å². The average Bonchev–Trinajstić information content (AvgIpc) is 2.23. The molecular weight excluding hydrogens is 172 g/mol. The smallest absolute Gasteiger partial charge is 0.0412 e. The molecule has 1 heterocycles. The summed E-state index contributed by atoms with van der Waals surface area (Å²) in [6.07, 6.45) is 9.77. The number of nitrogens with zero attached hydrogens (tertiary/aromatic N) is 1. The Morgan fingerprint density at radius 2 is 2.14 bits per heavy atom. The minimum atomic E-state index is 0.664. The Morgan fingerprint density at radius 3 is 2.86 bits per heavy atom. The average molecular weight is 188 g/mol. The van der Waals surface area contributed by atoms with Gasteiger partial charge >= 0.3 is 0 Å². The van der Waals surface area contributed by atoms with Gasteiger partial charge in [-0.2, -0.15) is 0 Å². The van der Waals surface area contributed by atoms with Crippen LogP contribution in [-0.2, 0) is 0 Å². The van der Waals surface area contributed by atoms with Gasteiger partial charge < -0.3 is 5.32 Å². The normalized spacial score (nSPS) is 21.5. The van der Waals surface area contributed by atoms with Crippen molar-refractivity contribution >= 4 is 5.69 Å². The van der Waals surface area contributed by atoms with Gasteiger partial charge in [0, 0.05) is 23.8 Å². The monoisotopic (exact) mass is 188 g/mol. The Bertz CT molecular complexity index is 316. The SMILES string of the molecule is CC1CCCC=C1Nc1ccncc1. The zero-order valence-corrected chi connectivity index (χ0v) is 8.53. The lowest BCUT2D eigenvalue weighted by Crippen LogP contribution is -2.12. The highest BCUT2D eigenvalue weighted by atomic mass is 14.9. The summed E-state index contributed by atoms with van der Waals surface area (Å²) >= 11 is 0. The molecule has 0 bridgehead atoms. The first kappa shape index (κ1) is 9.25. The predicted molar refractivity (Wildman–Crippen MR) is 59.0 cm³/mol. The molecule has 2 rings (SSSR count). The van der Waals surface area contributed by atoms with Crippen molar-refractivity contribution in [1.29, 1.82) is 0 Å². The van der Waals surface area contributed by atoms with Crippen molar-refractivity contribution in [2.75, 3.05) is 5.32 Å². The molecule has 0 saturated heterocycles. The van der Waals surface area contributed by atoms with E-state index in [-0.39, 0.29) is 0 Å². The van der Waals surface area contributed by atoms with Crippen LogP contribution in [-0.4, -0.2) is 4.98 Å². The maximum atomic E-state index is 4.00. The van der Waals surface area contributed by atoms with Crippen LogP contribution in [0.4, 0.5) is 5.69 Å². The fraction of sp³-hybridized carbons (Fsp3) is 0.417. The summed E-state index contributed by atoms with van der Waals surface area (Å²) in [4.78, 5) is 4.00. The Hall–Kier alpha value is -1.31. The van der Waals surface area contributed by atoms with Crippen LogP contribution in [0.1, 0.15) is 26.2 Å². The lowest BCUT2D eigenvalue weighted by atomic mass is 9.94. The highest BCUT2D eigenvalue weighted by molar-refractivity contribution is 5.47. The fourth-order valence-corrected chi connectivity index (χ4v) is 1.81. The van der Waals surface area contributed by atoms with Crippen molar-refractivity contribution in [3.63, 3.8) is 0 Å². The third-order valence-electron chi connectivity index (χ3n) is 2.71. The predicted octanol–water partition coefficient (Wildman–Crippen LogP) is 3.20. The van der Waals surface area contributed by atoms with Crippen LogP contribution in [0, 0.1) is 5.92 Å². The topological polar surface area (TPSA) is 24.9 Å². The highest BCUT2D eigenvalue weighted by Crippen LogP contribution is 2.25. The summed E-state index contributed by atoms with van der Waals surface area (Å²) < 4.78 is 0. The maximum absolute atomic E-state index is 4.00. The van der Waals surface area contributed by atoms with Crippen molar-refractivity contribution in [2.45, 2.75) is 26.2 Å². The molecule has 2 nitrogen and oxygen atoms in total. The molecule has 0 amide bonds. The third-order valence-corrected chi connectivity index (χ3v) is 2.71. The van der Waals surface area contributed by atoms with Gasteiger partial charge in [-0.05, 0) is 37.3 Å². The van der Waals surface area contributed by atoms with E-state index in [0.717, 1.165) is 5.69 Å². The van der Waals surface area contributed by atoms with Gasteiger partial charge in [0.25, 0.3) is 0 Å². The number of rotatable bonds is 2. The van der Waals surface area contributed by atoms with Crippen LogP contribution in [0.15, 0.2) is 36.3 Å². The van der Waals surface area contributed by atoms with E-state index < -0.39 is 0 Å². The minimum absolute atomic E-state index is 0.664. The van der Waals surface area contributed by atoms with Crippen molar-refractivity contribution in [2.24, 2.45) is 5.92 Å². The van der Waals surface area contributed by atoms with Crippen LogP contribution in [0.2, 0.25) is 0 Å². The number of nitrogens with one attached hydrogen (secondary N) is 1. The Morgan fingerprint density at radius 1 is 1.36 bits per heavy atom. The molecule has 0 saturated carbocycles. The summed E-state index contributed by atoms with van der Waals surface area (Å²) in [5.41, 5.74) is 2.50.